The Morgan fingerprint density at radius 1 is 0.968 bits per heavy atom. The van der Waals surface area contributed by atoms with E-state index in [9.17, 15) is 22.0 Å². The molecule has 10 heteroatoms. The van der Waals surface area contributed by atoms with Crippen molar-refractivity contribution in [2.24, 2.45) is 0 Å². The van der Waals surface area contributed by atoms with Crippen molar-refractivity contribution in [3.05, 3.63) is 77.5 Å². The zero-order valence-corrected chi connectivity index (χ0v) is 16.0. The highest BCUT2D eigenvalue weighted by Gasteiger charge is 2.38. The van der Waals surface area contributed by atoms with Crippen LogP contribution in [-0.4, -0.2) is 21.8 Å². The molecule has 4 aromatic rings. The number of halogens is 5. The predicted molar refractivity (Wildman–Crippen MR) is 104 cm³/mol. The van der Waals surface area contributed by atoms with Crippen molar-refractivity contribution >= 4 is 16.7 Å². The first-order valence-electron chi connectivity index (χ1n) is 9.08. The van der Waals surface area contributed by atoms with Gasteiger partial charge < -0.3 is 10.1 Å². The molecule has 2 aromatic heterocycles. The first-order valence-corrected chi connectivity index (χ1v) is 9.08. The number of anilines is 1. The van der Waals surface area contributed by atoms with Crippen LogP contribution in [0.4, 0.5) is 27.6 Å². The highest BCUT2D eigenvalue weighted by Crippen LogP contribution is 2.37. The standard InChI is InChI=1S/C21H15F5N4O/c1-27-17-10-16-18(21(24,25)26)29-30(15-8-6-14(23)7-9-15)19(16)28-20(17)31-11-12-2-4-13(22)5-3-12/h2-10,27H,11H2,1H3. The largest absolute Gasteiger partial charge is 0.471 e. The zero-order chi connectivity index (χ0) is 22.2. The van der Waals surface area contributed by atoms with E-state index in [1.54, 1.807) is 0 Å². The summed E-state index contributed by atoms with van der Waals surface area (Å²) in [5, 5.41) is 6.21. The monoisotopic (exact) mass is 434 g/mol. The SMILES string of the molecule is CNc1cc2c(C(F)(F)F)nn(-c3ccc(F)cc3)c2nc1OCc1ccc(F)cc1. The van der Waals surface area contributed by atoms with Crippen molar-refractivity contribution < 1.29 is 26.7 Å². The van der Waals surface area contributed by atoms with Gasteiger partial charge in [0.2, 0.25) is 5.88 Å². The number of rotatable bonds is 5. The first kappa shape index (κ1) is 20.6. The Kier molecular flexibility index (Phi) is 5.22. The maximum Gasteiger partial charge on any atom is 0.435 e. The second kappa shape index (κ2) is 7.86. The van der Waals surface area contributed by atoms with E-state index in [4.69, 9.17) is 4.74 Å². The Hall–Kier alpha value is -3.69. The molecule has 5 nitrogen and oxygen atoms in total. The lowest BCUT2D eigenvalue weighted by Crippen LogP contribution is -2.07. The third kappa shape index (κ3) is 4.14. The topological polar surface area (TPSA) is 52.0 Å². The fourth-order valence-corrected chi connectivity index (χ4v) is 3.02. The fraction of sp³-hybridized carbons (Fsp3) is 0.143. The third-order valence-electron chi connectivity index (χ3n) is 4.52. The predicted octanol–water partition coefficient (Wildman–Crippen LogP) is 5.34. The number of hydrogen-bond acceptors (Lipinski definition) is 4. The van der Waals surface area contributed by atoms with E-state index >= 15 is 0 Å². The molecule has 0 radical (unpaired) electrons. The van der Waals surface area contributed by atoms with Crippen molar-refractivity contribution in [3.63, 3.8) is 0 Å². The van der Waals surface area contributed by atoms with Gasteiger partial charge in [0.15, 0.2) is 11.3 Å². The maximum atomic E-state index is 13.6. The molecule has 4 rings (SSSR count). The van der Waals surface area contributed by atoms with Crippen LogP contribution in [0.1, 0.15) is 11.3 Å². The second-order valence-electron chi connectivity index (χ2n) is 6.61. The maximum absolute atomic E-state index is 13.6. The smallest absolute Gasteiger partial charge is 0.435 e. The summed E-state index contributed by atoms with van der Waals surface area (Å²) in [6.07, 6.45) is -4.73. The Morgan fingerprint density at radius 3 is 2.16 bits per heavy atom. The number of nitrogens with zero attached hydrogens (tertiary/aromatic N) is 3. The summed E-state index contributed by atoms with van der Waals surface area (Å²) in [6, 6.07) is 11.7. The summed E-state index contributed by atoms with van der Waals surface area (Å²) in [7, 11) is 1.52. The van der Waals surface area contributed by atoms with Gasteiger partial charge in [-0.05, 0) is 48.0 Å². The van der Waals surface area contributed by atoms with Crippen LogP contribution in [0.2, 0.25) is 0 Å². The number of alkyl halides is 3. The van der Waals surface area contributed by atoms with E-state index in [1.165, 1.54) is 49.5 Å². The molecule has 160 valence electrons. The first-order chi connectivity index (χ1) is 14.8. The van der Waals surface area contributed by atoms with Gasteiger partial charge in [-0.3, -0.25) is 0 Å². The van der Waals surface area contributed by atoms with Gasteiger partial charge in [0.25, 0.3) is 0 Å². The van der Waals surface area contributed by atoms with Crippen molar-refractivity contribution in [3.8, 4) is 11.6 Å². The minimum atomic E-state index is -4.73. The van der Waals surface area contributed by atoms with Crippen molar-refractivity contribution in [1.82, 2.24) is 14.8 Å². The quantitative estimate of drug-likeness (QED) is 0.431. The van der Waals surface area contributed by atoms with Crippen LogP contribution < -0.4 is 10.1 Å². The molecule has 1 N–H and O–H groups in total. The Morgan fingerprint density at radius 2 is 1.58 bits per heavy atom. The lowest BCUT2D eigenvalue weighted by Gasteiger charge is -2.12. The minimum absolute atomic E-state index is 0.0181. The lowest BCUT2D eigenvalue weighted by atomic mass is 10.2. The molecule has 0 aliphatic carbocycles. The summed E-state index contributed by atoms with van der Waals surface area (Å²) in [6.45, 7) is 0.0181. The lowest BCUT2D eigenvalue weighted by molar-refractivity contribution is -0.140. The van der Waals surface area contributed by atoms with E-state index in [2.05, 4.69) is 15.4 Å². The van der Waals surface area contributed by atoms with E-state index in [0.29, 0.717) is 5.56 Å². The molecule has 0 unspecified atom stereocenters. The highest BCUT2D eigenvalue weighted by molar-refractivity contribution is 5.85. The molecule has 0 amide bonds. The summed E-state index contributed by atoms with van der Waals surface area (Å²) in [5.41, 5.74) is -0.156. The van der Waals surface area contributed by atoms with Gasteiger partial charge in [-0.15, -0.1) is 0 Å². The van der Waals surface area contributed by atoms with Crippen LogP contribution in [0, 0.1) is 11.6 Å². The number of hydrogen-bond donors (Lipinski definition) is 1. The third-order valence-corrected chi connectivity index (χ3v) is 4.52. The number of nitrogens with one attached hydrogen (secondary N) is 1. The van der Waals surface area contributed by atoms with Gasteiger partial charge in [-0.1, -0.05) is 12.1 Å². The van der Waals surface area contributed by atoms with Crippen molar-refractivity contribution in [2.45, 2.75) is 12.8 Å². The molecular weight excluding hydrogens is 419 g/mol. The molecule has 0 saturated heterocycles. The number of aromatic nitrogens is 3. The molecule has 0 saturated carbocycles. The molecular formula is C21H15F5N4O. The number of ether oxygens (including phenoxy) is 1. The summed E-state index contributed by atoms with van der Waals surface area (Å²) >= 11 is 0. The van der Waals surface area contributed by atoms with E-state index in [-0.39, 0.29) is 34.9 Å². The number of benzene rings is 2. The van der Waals surface area contributed by atoms with Crippen molar-refractivity contribution in [1.29, 1.82) is 0 Å². The van der Waals surface area contributed by atoms with Gasteiger partial charge in [-0.2, -0.15) is 23.3 Å². The summed E-state index contributed by atoms with van der Waals surface area (Å²) in [4.78, 5) is 4.26. The zero-order valence-electron chi connectivity index (χ0n) is 16.0. The molecule has 0 spiro atoms. The number of fused-ring (bicyclic) bond motifs is 1. The number of pyridine rings is 1. The molecule has 0 aliphatic rings. The van der Waals surface area contributed by atoms with Gasteiger partial charge >= 0.3 is 6.18 Å². The highest BCUT2D eigenvalue weighted by atomic mass is 19.4. The molecule has 31 heavy (non-hydrogen) atoms. The summed E-state index contributed by atoms with van der Waals surface area (Å²) < 4.78 is 73.9. The van der Waals surface area contributed by atoms with Crippen LogP contribution in [0.15, 0.2) is 54.6 Å². The van der Waals surface area contributed by atoms with Gasteiger partial charge in [-0.25, -0.2) is 13.5 Å². The van der Waals surface area contributed by atoms with Crippen LogP contribution in [0.5, 0.6) is 5.88 Å². The van der Waals surface area contributed by atoms with Crippen LogP contribution in [-0.2, 0) is 12.8 Å². The molecule has 2 aromatic carbocycles. The molecule has 0 fully saturated rings. The van der Waals surface area contributed by atoms with Gasteiger partial charge in [0.1, 0.15) is 18.2 Å². The normalized spacial score (nSPS) is 11.7. The Bertz CT molecular complexity index is 1220. The fourth-order valence-electron chi connectivity index (χ4n) is 3.02. The van der Waals surface area contributed by atoms with E-state index in [1.807, 2.05) is 0 Å². The Balaban J connectivity index is 1.82. The van der Waals surface area contributed by atoms with Gasteiger partial charge in [0.05, 0.1) is 16.8 Å². The van der Waals surface area contributed by atoms with Crippen LogP contribution in [0.3, 0.4) is 0 Å². The second-order valence-corrected chi connectivity index (χ2v) is 6.61. The molecule has 0 bridgehead atoms. The van der Waals surface area contributed by atoms with Crippen LogP contribution >= 0.6 is 0 Å². The van der Waals surface area contributed by atoms with Crippen molar-refractivity contribution in [2.75, 3.05) is 12.4 Å². The average Bonchev–Trinajstić information content (AvgIpc) is 3.12. The molecule has 0 aliphatic heterocycles. The van der Waals surface area contributed by atoms with E-state index in [0.717, 1.165) is 16.8 Å². The minimum Gasteiger partial charge on any atom is -0.471 e. The van der Waals surface area contributed by atoms with Crippen LogP contribution in [0.25, 0.3) is 16.7 Å². The Labute approximate surface area is 173 Å². The molecule has 2 heterocycles. The van der Waals surface area contributed by atoms with E-state index < -0.39 is 23.5 Å². The molecule has 0 atom stereocenters. The average molecular weight is 434 g/mol. The van der Waals surface area contributed by atoms with Gasteiger partial charge in [0, 0.05) is 7.05 Å². The summed E-state index contributed by atoms with van der Waals surface area (Å²) in [5.74, 6) is -0.900.